The lowest BCUT2D eigenvalue weighted by Crippen LogP contribution is -2.44. The highest BCUT2D eigenvalue weighted by Crippen LogP contribution is 2.48. The Kier molecular flexibility index (Phi) is 4.82. The molecule has 1 aromatic heterocycles. The first-order valence-electron chi connectivity index (χ1n) is 9.54. The molecule has 4 rings (SSSR count). The van der Waals surface area contributed by atoms with Crippen LogP contribution in [0.25, 0.3) is 0 Å². The molecule has 150 valence electrons. The Morgan fingerprint density at radius 3 is 2.71 bits per heavy atom. The maximum Gasteiger partial charge on any atom is 0.253 e. The van der Waals surface area contributed by atoms with Gasteiger partial charge in [0.15, 0.2) is 17.4 Å². The second kappa shape index (κ2) is 7.16. The van der Waals surface area contributed by atoms with E-state index in [-0.39, 0.29) is 23.1 Å². The van der Waals surface area contributed by atoms with Crippen LogP contribution >= 0.6 is 0 Å². The van der Waals surface area contributed by atoms with E-state index in [0.29, 0.717) is 30.4 Å². The maximum atomic E-state index is 13.9. The molecule has 2 saturated heterocycles. The summed E-state index contributed by atoms with van der Waals surface area (Å²) in [6, 6.07) is 4.49. The molecule has 1 aromatic carbocycles. The summed E-state index contributed by atoms with van der Waals surface area (Å²) in [6.45, 7) is 4.09. The molecular formula is C20H25FN4O3. The van der Waals surface area contributed by atoms with Crippen molar-refractivity contribution in [3.8, 4) is 5.75 Å². The van der Waals surface area contributed by atoms with Crippen LogP contribution in [0.2, 0.25) is 0 Å². The molecular weight excluding hydrogens is 363 g/mol. The lowest BCUT2D eigenvalue weighted by molar-refractivity contribution is 0.0592. The van der Waals surface area contributed by atoms with Crippen molar-refractivity contribution in [1.82, 2.24) is 19.9 Å². The van der Waals surface area contributed by atoms with Gasteiger partial charge in [0.1, 0.15) is 0 Å². The third kappa shape index (κ3) is 3.37. The van der Waals surface area contributed by atoms with Gasteiger partial charge in [0.05, 0.1) is 13.2 Å². The fourth-order valence-corrected chi connectivity index (χ4v) is 4.52. The van der Waals surface area contributed by atoms with Gasteiger partial charge in [-0.2, -0.15) is 4.98 Å². The average Bonchev–Trinajstić information content (AvgIpc) is 3.25. The van der Waals surface area contributed by atoms with Crippen molar-refractivity contribution < 1.29 is 18.4 Å². The molecule has 1 amide bonds. The number of aromatic nitrogens is 2. The molecule has 0 aliphatic carbocycles. The summed E-state index contributed by atoms with van der Waals surface area (Å²) in [5.41, 5.74) is 0.501. The summed E-state index contributed by atoms with van der Waals surface area (Å²) in [5, 5.41) is 3.91. The van der Waals surface area contributed by atoms with E-state index < -0.39 is 5.82 Å². The molecule has 2 aliphatic rings. The Bertz CT molecular complexity index is 876. The molecule has 1 atom stereocenters. The van der Waals surface area contributed by atoms with Gasteiger partial charge in [-0.05, 0) is 56.8 Å². The zero-order chi connectivity index (χ0) is 19.9. The Hall–Kier alpha value is -2.48. The van der Waals surface area contributed by atoms with Crippen LogP contribution in [0, 0.1) is 18.2 Å². The quantitative estimate of drug-likeness (QED) is 0.805. The number of hydrogen-bond donors (Lipinski definition) is 0. The number of methoxy groups -OCH3 is 1. The van der Waals surface area contributed by atoms with E-state index in [2.05, 4.69) is 22.1 Å². The first-order chi connectivity index (χ1) is 13.4. The third-order valence-corrected chi connectivity index (χ3v) is 6.08. The zero-order valence-corrected chi connectivity index (χ0v) is 16.4. The standard InChI is InChI=1S/C20H25FN4O3/c1-13-22-18(28-23-13)16-11-20(12-24(16)2)6-8-25(9-7-20)19(26)14-4-5-17(27-3)15(21)10-14/h4-5,10,16H,6-9,11-12H2,1-3H3. The van der Waals surface area contributed by atoms with Crippen molar-refractivity contribution in [2.75, 3.05) is 33.8 Å². The van der Waals surface area contributed by atoms with E-state index in [1.54, 1.807) is 6.07 Å². The van der Waals surface area contributed by atoms with Gasteiger partial charge in [-0.25, -0.2) is 4.39 Å². The number of likely N-dealkylation sites (tertiary alicyclic amines) is 2. The molecule has 8 heteroatoms. The Morgan fingerprint density at radius 1 is 1.36 bits per heavy atom. The van der Waals surface area contributed by atoms with Crippen LogP contribution in [0.5, 0.6) is 5.75 Å². The first-order valence-corrected chi connectivity index (χ1v) is 9.54. The Morgan fingerprint density at radius 2 is 2.11 bits per heavy atom. The van der Waals surface area contributed by atoms with Gasteiger partial charge < -0.3 is 14.2 Å². The van der Waals surface area contributed by atoms with Crippen LogP contribution in [0.4, 0.5) is 4.39 Å². The molecule has 2 fully saturated rings. The number of aryl methyl sites for hydroxylation is 1. The molecule has 1 spiro atoms. The average molecular weight is 388 g/mol. The number of piperidine rings is 1. The van der Waals surface area contributed by atoms with Crippen LogP contribution < -0.4 is 4.74 Å². The van der Waals surface area contributed by atoms with Crippen molar-refractivity contribution in [2.24, 2.45) is 5.41 Å². The lowest BCUT2D eigenvalue weighted by Gasteiger charge is -2.39. The highest BCUT2D eigenvalue weighted by atomic mass is 19.1. The topological polar surface area (TPSA) is 71.7 Å². The maximum absolute atomic E-state index is 13.9. The lowest BCUT2D eigenvalue weighted by atomic mass is 9.76. The van der Waals surface area contributed by atoms with E-state index in [4.69, 9.17) is 9.26 Å². The van der Waals surface area contributed by atoms with E-state index >= 15 is 0 Å². The van der Waals surface area contributed by atoms with Crippen LogP contribution in [0.1, 0.15) is 47.4 Å². The van der Waals surface area contributed by atoms with Crippen molar-refractivity contribution in [2.45, 2.75) is 32.2 Å². The molecule has 0 saturated carbocycles. The molecule has 28 heavy (non-hydrogen) atoms. The molecule has 0 radical (unpaired) electrons. The second-order valence-corrected chi connectivity index (χ2v) is 7.96. The van der Waals surface area contributed by atoms with Crippen LogP contribution in [0.15, 0.2) is 22.7 Å². The SMILES string of the molecule is COc1ccc(C(=O)N2CCC3(CC2)CC(c2nc(C)no2)N(C)C3)cc1F. The number of halogens is 1. The van der Waals surface area contributed by atoms with Crippen LogP contribution in [0.3, 0.4) is 0 Å². The van der Waals surface area contributed by atoms with Gasteiger partial charge in [-0.3, -0.25) is 9.69 Å². The van der Waals surface area contributed by atoms with Gasteiger partial charge >= 0.3 is 0 Å². The predicted molar refractivity (Wildman–Crippen MR) is 99.5 cm³/mol. The fourth-order valence-electron chi connectivity index (χ4n) is 4.52. The number of carbonyl (C=O) groups excluding carboxylic acids is 1. The largest absolute Gasteiger partial charge is 0.494 e. The normalized spacial score (nSPS) is 22.0. The molecule has 0 N–H and O–H groups in total. The smallest absolute Gasteiger partial charge is 0.253 e. The molecule has 1 unspecified atom stereocenters. The van der Waals surface area contributed by atoms with Crippen molar-refractivity contribution in [1.29, 1.82) is 0 Å². The minimum absolute atomic E-state index is 0.124. The molecule has 2 aliphatic heterocycles. The fraction of sp³-hybridized carbons (Fsp3) is 0.550. The molecule has 7 nitrogen and oxygen atoms in total. The summed E-state index contributed by atoms with van der Waals surface area (Å²) >= 11 is 0. The van der Waals surface area contributed by atoms with E-state index in [1.165, 1.54) is 19.2 Å². The number of nitrogens with zero attached hydrogens (tertiary/aromatic N) is 4. The van der Waals surface area contributed by atoms with Crippen LogP contribution in [-0.2, 0) is 0 Å². The second-order valence-electron chi connectivity index (χ2n) is 7.96. The number of benzene rings is 1. The third-order valence-electron chi connectivity index (χ3n) is 6.08. The molecule has 2 aromatic rings. The van der Waals surface area contributed by atoms with E-state index in [1.807, 2.05) is 11.8 Å². The number of hydrogen-bond acceptors (Lipinski definition) is 6. The van der Waals surface area contributed by atoms with E-state index in [9.17, 15) is 9.18 Å². The van der Waals surface area contributed by atoms with Crippen LogP contribution in [-0.4, -0.2) is 59.6 Å². The number of carbonyl (C=O) groups is 1. The Balaban J connectivity index is 1.42. The minimum atomic E-state index is -0.517. The predicted octanol–water partition coefficient (Wildman–Crippen LogP) is 2.82. The highest BCUT2D eigenvalue weighted by Gasteiger charge is 2.47. The monoisotopic (exact) mass is 388 g/mol. The number of amides is 1. The Labute approximate surface area is 163 Å². The van der Waals surface area contributed by atoms with Crippen molar-refractivity contribution in [3.05, 3.63) is 41.3 Å². The summed E-state index contributed by atoms with van der Waals surface area (Å²) in [6.07, 6.45) is 2.76. The highest BCUT2D eigenvalue weighted by molar-refractivity contribution is 5.94. The van der Waals surface area contributed by atoms with Gasteiger partial charge in [0.25, 0.3) is 5.91 Å². The summed E-state index contributed by atoms with van der Waals surface area (Å²) in [5.74, 6) is 0.815. The van der Waals surface area contributed by atoms with Gasteiger partial charge in [-0.1, -0.05) is 5.16 Å². The zero-order valence-electron chi connectivity index (χ0n) is 16.4. The van der Waals surface area contributed by atoms with E-state index in [0.717, 1.165) is 25.8 Å². The molecule has 3 heterocycles. The van der Waals surface area contributed by atoms with Crippen molar-refractivity contribution >= 4 is 5.91 Å². The minimum Gasteiger partial charge on any atom is -0.494 e. The summed E-state index contributed by atoms with van der Waals surface area (Å²) in [4.78, 5) is 21.3. The van der Waals surface area contributed by atoms with Gasteiger partial charge in [0.2, 0.25) is 5.89 Å². The number of ether oxygens (including phenoxy) is 1. The first kappa shape index (κ1) is 18.9. The van der Waals surface area contributed by atoms with Gasteiger partial charge in [0, 0.05) is 25.2 Å². The summed E-state index contributed by atoms with van der Waals surface area (Å²) < 4.78 is 24.3. The van der Waals surface area contributed by atoms with Crippen molar-refractivity contribution in [3.63, 3.8) is 0 Å². The molecule has 0 bridgehead atoms. The number of rotatable bonds is 3. The summed E-state index contributed by atoms with van der Waals surface area (Å²) in [7, 11) is 3.49. The van der Waals surface area contributed by atoms with Gasteiger partial charge in [-0.15, -0.1) is 0 Å².